The summed E-state index contributed by atoms with van der Waals surface area (Å²) in [6.45, 7) is 2.86. The van der Waals surface area contributed by atoms with Gasteiger partial charge in [-0.25, -0.2) is 12.8 Å². The molecule has 8 heteroatoms. The van der Waals surface area contributed by atoms with E-state index in [2.05, 4.69) is 20.8 Å². The second kappa shape index (κ2) is 9.34. The molecule has 30 heavy (non-hydrogen) atoms. The van der Waals surface area contributed by atoms with Crippen LogP contribution in [0.3, 0.4) is 0 Å². The van der Waals surface area contributed by atoms with Gasteiger partial charge in [-0.05, 0) is 62.1 Å². The number of nitrogens with zero attached hydrogens (tertiary/aromatic N) is 2. The Morgan fingerprint density at radius 2 is 1.53 bits per heavy atom. The predicted octanol–water partition coefficient (Wildman–Crippen LogP) is 4.28. The average Bonchev–Trinajstić information content (AvgIpc) is 2.76. The Kier molecular flexibility index (Phi) is 6.77. The summed E-state index contributed by atoms with van der Waals surface area (Å²) in [5.74, 6) is 0.00157. The lowest BCUT2D eigenvalue weighted by Gasteiger charge is -2.41. The maximum atomic E-state index is 13.8. The number of rotatable bonds is 5. The SMILES string of the molecule is O=S(=O)(c1ccc(Br)cc1)N1CCC(N2CCC(Oc3ccccc3F)CC2)CC1. The van der Waals surface area contributed by atoms with Gasteiger partial charge in [0.25, 0.3) is 0 Å². The molecule has 4 rings (SSSR count). The van der Waals surface area contributed by atoms with Gasteiger partial charge in [-0.3, -0.25) is 0 Å². The van der Waals surface area contributed by atoms with Gasteiger partial charge in [0.2, 0.25) is 10.0 Å². The molecule has 2 aliphatic heterocycles. The van der Waals surface area contributed by atoms with Crippen LogP contribution in [0, 0.1) is 5.82 Å². The van der Waals surface area contributed by atoms with Crippen LogP contribution in [0.15, 0.2) is 57.9 Å². The first-order valence-corrected chi connectivity index (χ1v) is 12.6. The van der Waals surface area contributed by atoms with Gasteiger partial charge in [-0.1, -0.05) is 28.1 Å². The van der Waals surface area contributed by atoms with E-state index in [0.29, 0.717) is 29.8 Å². The molecule has 2 aromatic rings. The zero-order valence-corrected chi connectivity index (χ0v) is 19.1. The Hall–Kier alpha value is -1.48. The van der Waals surface area contributed by atoms with Crippen molar-refractivity contribution >= 4 is 26.0 Å². The Morgan fingerprint density at radius 3 is 2.17 bits per heavy atom. The third-order valence-corrected chi connectivity index (χ3v) is 8.44. The van der Waals surface area contributed by atoms with Gasteiger partial charge in [0.15, 0.2) is 11.6 Å². The third-order valence-electron chi connectivity index (χ3n) is 6.00. The molecular formula is C22H26BrFN2O3S. The number of hydrogen-bond donors (Lipinski definition) is 0. The number of sulfonamides is 1. The number of benzene rings is 2. The van der Waals surface area contributed by atoms with Crippen molar-refractivity contribution in [1.29, 1.82) is 0 Å². The van der Waals surface area contributed by atoms with Crippen LogP contribution >= 0.6 is 15.9 Å². The summed E-state index contributed by atoms with van der Waals surface area (Å²) in [6.07, 6.45) is 3.39. The molecule has 0 aromatic heterocycles. The fourth-order valence-electron chi connectivity index (χ4n) is 4.28. The fourth-order valence-corrected chi connectivity index (χ4v) is 6.02. The van der Waals surface area contributed by atoms with Crippen LogP contribution in [0.25, 0.3) is 0 Å². The maximum Gasteiger partial charge on any atom is 0.243 e. The summed E-state index contributed by atoms with van der Waals surface area (Å²) in [5, 5.41) is 0. The fraction of sp³-hybridized carbons (Fsp3) is 0.455. The van der Waals surface area contributed by atoms with Crippen LogP contribution in [0.2, 0.25) is 0 Å². The van der Waals surface area contributed by atoms with Crippen molar-refractivity contribution in [3.8, 4) is 5.75 Å². The van der Waals surface area contributed by atoms with E-state index in [1.54, 1.807) is 46.8 Å². The van der Waals surface area contributed by atoms with Gasteiger partial charge >= 0.3 is 0 Å². The van der Waals surface area contributed by atoms with Crippen LogP contribution in [0.5, 0.6) is 5.75 Å². The molecule has 0 atom stereocenters. The first kappa shape index (κ1) is 21.7. The molecule has 0 amide bonds. The maximum absolute atomic E-state index is 13.8. The third kappa shape index (κ3) is 4.88. The Balaban J connectivity index is 1.28. The molecule has 0 radical (unpaired) electrons. The number of piperidine rings is 2. The molecule has 2 aromatic carbocycles. The van der Waals surface area contributed by atoms with E-state index < -0.39 is 10.0 Å². The number of likely N-dealkylation sites (tertiary alicyclic amines) is 1. The summed E-state index contributed by atoms with van der Waals surface area (Å²) in [6, 6.07) is 13.7. The largest absolute Gasteiger partial charge is 0.487 e. The number of hydrogen-bond acceptors (Lipinski definition) is 4. The van der Waals surface area contributed by atoms with Gasteiger partial charge in [-0.15, -0.1) is 0 Å². The second-order valence-electron chi connectivity index (χ2n) is 7.87. The van der Waals surface area contributed by atoms with Crippen molar-refractivity contribution in [3.05, 3.63) is 58.8 Å². The topological polar surface area (TPSA) is 49.9 Å². The van der Waals surface area contributed by atoms with Gasteiger partial charge in [0.05, 0.1) is 4.90 Å². The molecule has 0 bridgehead atoms. The van der Waals surface area contributed by atoms with Crippen molar-refractivity contribution in [2.45, 2.75) is 42.7 Å². The lowest BCUT2D eigenvalue weighted by molar-refractivity contribution is 0.0568. The highest BCUT2D eigenvalue weighted by Gasteiger charge is 2.33. The van der Waals surface area contributed by atoms with E-state index in [0.717, 1.165) is 43.2 Å². The van der Waals surface area contributed by atoms with Crippen LogP contribution in [-0.4, -0.2) is 55.9 Å². The summed E-state index contributed by atoms with van der Waals surface area (Å²) >= 11 is 3.34. The molecule has 0 unspecified atom stereocenters. The first-order valence-electron chi connectivity index (χ1n) is 10.3. The standard InChI is InChI=1S/C22H26BrFN2O3S/c23-17-5-7-20(8-6-17)30(27,28)26-15-9-18(10-16-26)25-13-11-19(12-14-25)29-22-4-2-1-3-21(22)24/h1-8,18-19H,9-16H2. The zero-order chi connectivity index (χ0) is 21.1. The van der Waals surface area contributed by atoms with E-state index in [-0.39, 0.29) is 11.9 Å². The molecule has 2 saturated heterocycles. The minimum absolute atomic E-state index is 0.0241. The quantitative estimate of drug-likeness (QED) is 0.619. The van der Waals surface area contributed by atoms with Crippen molar-refractivity contribution in [3.63, 3.8) is 0 Å². The molecule has 0 saturated carbocycles. The van der Waals surface area contributed by atoms with Crippen molar-refractivity contribution in [1.82, 2.24) is 9.21 Å². The first-order chi connectivity index (χ1) is 14.4. The highest BCUT2D eigenvalue weighted by molar-refractivity contribution is 9.10. The zero-order valence-electron chi connectivity index (χ0n) is 16.7. The number of ether oxygens (including phenoxy) is 1. The Bertz CT molecular complexity index is 955. The van der Waals surface area contributed by atoms with Crippen LogP contribution in [-0.2, 0) is 10.0 Å². The Morgan fingerprint density at radius 1 is 0.900 bits per heavy atom. The van der Waals surface area contributed by atoms with E-state index >= 15 is 0 Å². The lowest BCUT2D eigenvalue weighted by Crippen LogP contribution is -2.50. The minimum Gasteiger partial charge on any atom is -0.487 e. The van der Waals surface area contributed by atoms with E-state index in [1.165, 1.54) is 6.07 Å². The molecule has 0 aliphatic carbocycles. The van der Waals surface area contributed by atoms with Gasteiger partial charge in [-0.2, -0.15) is 4.31 Å². The molecule has 2 heterocycles. The average molecular weight is 497 g/mol. The molecule has 0 spiro atoms. The monoisotopic (exact) mass is 496 g/mol. The summed E-state index contributed by atoms with van der Waals surface area (Å²) in [7, 11) is -3.44. The van der Waals surface area contributed by atoms with Crippen LogP contribution < -0.4 is 4.74 Å². The highest BCUT2D eigenvalue weighted by Crippen LogP contribution is 2.27. The van der Waals surface area contributed by atoms with Crippen LogP contribution in [0.4, 0.5) is 4.39 Å². The second-order valence-corrected chi connectivity index (χ2v) is 10.7. The van der Waals surface area contributed by atoms with Crippen molar-refractivity contribution in [2.75, 3.05) is 26.2 Å². The molecule has 2 fully saturated rings. The Labute approximate surface area is 186 Å². The van der Waals surface area contributed by atoms with Crippen LogP contribution in [0.1, 0.15) is 25.7 Å². The van der Waals surface area contributed by atoms with Gasteiger partial charge < -0.3 is 9.64 Å². The van der Waals surface area contributed by atoms with Crippen molar-refractivity contribution < 1.29 is 17.5 Å². The summed E-state index contributed by atoms with van der Waals surface area (Å²) < 4.78 is 47.9. The van der Waals surface area contributed by atoms with Gasteiger partial charge in [0, 0.05) is 36.7 Å². The predicted molar refractivity (Wildman–Crippen MR) is 118 cm³/mol. The van der Waals surface area contributed by atoms with Gasteiger partial charge in [0.1, 0.15) is 6.10 Å². The molecule has 2 aliphatic rings. The van der Waals surface area contributed by atoms with E-state index in [9.17, 15) is 12.8 Å². The smallest absolute Gasteiger partial charge is 0.243 e. The molecule has 162 valence electrons. The van der Waals surface area contributed by atoms with Crippen molar-refractivity contribution in [2.24, 2.45) is 0 Å². The summed E-state index contributed by atoms with van der Waals surface area (Å²) in [4.78, 5) is 2.78. The summed E-state index contributed by atoms with van der Waals surface area (Å²) in [5.41, 5.74) is 0. The molecule has 5 nitrogen and oxygen atoms in total. The van der Waals surface area contributed by atoms with E-state index in [1.807, 2.05) is 0 Å². The molecular weight excluding hydrogens is 471 g/mol. The highest BCUT2D eigenvalue weighted by atomic mass is 79.9. The number of para-hydroxylation sites is 1. The molecule has 0 N–H and O–H groups in total. The minimum atomic E-state index is -3.44. The number of halogens is 2. The lowest BCUT2D eigenvalue weighted by atomic mass is 10.00. The normalized spacial score (nSPS) is 20.3. The van der Waals surface area contributed by atoms with E-state index in [4.69, 9.17) is 4.74 Å².